The van der Waals surface area contributed by atoms with Crippen molar-refractivity contribution in [3.8, 4) is 5.75 Å². The number of carboxylic acids is 1. The van der Waals surface area contributed by atoms with Gasteiger partial charge in [-0.3, -0.25) is 9.69 Å². The summed E-state index contributed by atoms with van der Waals surface area (Å²) in [5.41, 5.74) is 0.971. The van der Waals surface area contributed by atoms with Crippen LogP contribution in [0.1, 0.15) is 29.8 Å². The molecular formula is C22H24ClFN2O4. The van der Waals surface area contributed by atoms with Gasteiger partial charge in [-0.2, -0.15) is 0 Å². The van der Waals surface area contributed by atoms with E-state index in [9.17, 15) is 19.1 Å². The van der Waals surface area contributed by atoms with Crippen molar-refractivity contribution in [1.29, 1.82) is 0 Å². The van der Waals surface area contributed by atoms with E-state index in [0.29, 0.717) is 24.7 Å². The summed E-state index contributed by atoms with van der Waals surface area (Å²) in [6.07, 6.45) is 0. The van der Waals surface area contributed by atoms with Crippen molar-refractivity contribution in [2.75, 3.05) is 19.7 Å². The van der Waals surface area contributed by atoms with Gasteiger partial charge in [0.15, 0.2) is 6.61 Å². The lowest BCUT2D eigenvalue weighted by atomic mass is 10.1. The van der Waals surface area contributed by atoms with Gasteiger partial charge in [-0.15, -0.1) is 0 Å². The standard InChI is InChI=1S/C22H24ClFN2O4/c1-14-11-26(15(2)10-25(14)12-16-3-6-18(24)7-4-16)21(27)13-30-20-9-17(23)5-8-19(20)22(28)29/h3-9,14-15H,10-13H2,1-2H3,(H,28,29). The predicted octanol–water partition coefficient (Wildman–Crippen LogP) is 3.68. The quantitative estimate of drug-likeness (QED) is 0.751. The molecule has 1 heterocycles. The molecule has 30 heavy (non-hydrogen) atoms. The number of benzene rings is 2. The fourth-order valence-corrected chi connectivity index (χ4v) is 3.77. The Balaban J connectivity index is 1.61. The average Bonchev–Trinajstić information content (AvgIpc) is 2.70. The molecule has 2 atom stereocenters. The summed E-state index contributed by atoms with van der Waals surface area (Å²) in [6, 6.07) is 10.7. The van der Waals surface area contributed by atoms with E-state index in [-0.39, 0.29) is 41.7 Å². The van der Waals surface area contributed by atoms with E-state index in [2.05, 4.69) is 4.90 Å². The van der Waals surface area contributed by atoms with Crippen LogP contribution in [0.5, 0.6) is 5.75 Å². The van der Waals surface area contributed by atoms with Gasteiger partial charge in [0.2, 0.25) is 0 Å². The third-order valence-corrected chi connectivity index (χ3v) is 5.49. The van der Waals surface area contributed by atoms with Crippen molar-refractivity contribution in [2.24, 2.45) is 0 Å². The minimum atomic E-state index is -1.15. The third-order valence-electron chi connectivity index (χ3n) is 5.26. The topological polar surface area (TPSA) is 70.1 Å². The SMILES string of the molecule is CC1CN(C(=O)COc2cc(Cl)ccc2C(=O)O)C(C)CN1Cc1ccc(F)cc1. The van der Waals surface area contributed by atoms with Crippen LogP contribution in [-0.2, 0) is 11.3 Å². The molecule has 0 aromatic heterocycles. The Hall–Kier alpha value is -2.64. The molecule has 1 saturated heterocycles. The van der Waals surface area contributed by atoms with Gasteiger partial charge in [-0.25, -0.2) is 9.18 Å². The van der Waals surface area contributed by atoms with Crippen LogP contribution >= 0.6 is 11.6 Å². The van der Waals surface area contributed by atoms with E-state index in [4.69, 9.17) is 16.3 Å². The summed E-state index contributed by atoms with van der Waals surface area (Å²) in [5.74, 6) is -1.56. The highest BCUT2D eigenvalue weighted by Gasteiger charge is 2.32. The zero-order valence-electron chi connectivity index (χ0n) is 16.8. The van der Waals surface area contributed by atoms with E-state index in [1.165, 1.54) is 30.3 Å². The Morgan fingerprint density at radius 2 is 1.83 bits per heavy atom. The van der Waals surface area contributed by atoms with Gasteiger partial charge in [0, 0.05) is 36.7 Å². The maximum absolute atomic E-state index is 13.1. The first-order valence-corrected chi connectivity index (χ1v) is 10.1. The zero-order valence-corrected chi connectivity index (χ0v) is 17.6. The second kappa shape index (κ2) is 9.45. The molecule has 2 unspecified atom stereocenters. The number of rotatable bonds is 6. The molecule has 0 radical (unpaired) electrons. The molecule has 1 fully saturated rings. The minimum Gasteiger partial charge on any atom is -0.483 e. The molecule has 1 amide bonds. The Labute approximate surface area is 179 Å². The molecular weight excluding hydrogens is 411 g/mol. The second-order valence-corrected chi connectivity index (χ2v) is 7.97. The molecule has 1 aliphatic heterocycles. The molecule has 8 heteroatoms. The lowest BCUT2D eigenvalue weighted by molar-refractivity contribution is -0.139. The van der Waals surface area contributed by atoms with Crippen LogP contribution in [0.2, 0.25) is 5.02 Å². The van der Waals surface area contributed by atoms with Gasteiger partial charge in [0.05, 0.1) is 0 Å². The van der Waals surface area contributed by atoms with Gasteiger partial charge in [0.1, 0.15) is 17.1 Å². The van der Waals surface area contributed by atoms with Gasteiger partial charge in [0.25, 0.3) is 5.91 Å². The smallest absolute Gasteiger partial charge is 0.339 e. The molecule has 0 spiro atoms. The van der Waals surface area contributed by atoms with Crippen molar-refractivity contribution < 1.29 is 23.8 Å². The number of carbonyl (C=O) groups is 2. The van der Waals surface area contributed by atoms with Crippen molar-refractivity contribution >= 4 is 23.5 Å². The monoisotopic (exact) mass is 434 g/mol. The number of hydrogen-bond donors (Lipinski definition) is 1. The van der Waals surface area contributed by atoms with Crippen molar-refractivity contribution in [3.05, 3.63) is 64.4 Å². The average molecular weight is 435 g/mol. The Morgan fingerprint density at radius 3 is 2.50 bits per heavy atom. The van der Waals surface area contributed by atoms with Crippen LogP contribution in [0.25, 0.3) is 0 Å². The molecule has 0 aliphatic carbocycles. The number of nitrogens with zero attached hydrogens (tertiary/aromatic N) is 2. The lowest BCUT2D eigenvalue weighted by Gasteiger charge is -2.44. The summed E-state index contributed by atoms with van der Waals surface area (Å²) in [6.45, 7) is 5.59. The zero-order chi connectivity index (χ0) is 21.8. The molecule has 160 valence electrons. The van der Waals surface area contributed by atoms with E-state index < -0.39 is 5.97 Å². The van der Waals surface area contributed by atoms with Crippen LogP contribution < -0.4 is 4.74 Å². The number of carboxylic acid groups (broad SMARTS) is 1. The molecule has 2 aromatic carbocycles. The largest absolute Gasteiger partial charge is 0.483 e. The predicted molar refractivity (Wildman–Crippen MR) is 111 cm³/mol. The van der Waals surface area contributed by atoms with Crippen LogP contribution in [0.15, 0.2) is 42.5 Å². The molecule has 0 bridgehead atoms. The summed E-state index contributed by atoms with van der Waals surface area (Å²) >= 11 is 5.92. The molecule has 1 N–H and O–H groups in total. The van der Waals surface area contributed by atoms with Crippen LogP contribution in [0, 0.1) is 5.82 Å². The first-order valence-electron chi connectivity index (χ1n) is 9.68. The molecule has 1 aliphatic rings. The maximum atomic E-state index is 13.1. The summed E-state index contributed by atoms with van der Waals surface area (Å²) in [4.78, 5) is 28.1. The third kappa shape index (κ3) is 5.29. The summed E-state index contributed by atoms with van der Waals surface area (Å²) < 4.78 is 18.6. The number of ether oxygens (including phenoxy) is 1. The van der Waals surface area contributed by atoms with E-state index in [0.717, 1.165) is 5.56 Å². The van der Waals surface area contributed by atoms with Crippen molar-refractivity contribution in [2.45, 2.75) is 32.5 Å². The number of halogens is 2. The fraction of sp³-hybridized carbons (Fsp3) is 0.364. The Kier molecular flexibility index (Phi) is 6.95. The Bertz CT molecular complexity index is 922. The van der Waals surface area contributed by atoms with E-state index in [1.807, 2.05) is 13.8 Å². The Morgan fingerprint density at radius 1 is 1.13 bits per heavy atom. The molecule has 6 nitrogen and oxygen atoms in total. The maximum Gasteiger partial charge on any atom is 0.339 e. The van der Waals surface area contributed by atoms with Crippen LogP contribution in [0.4, 0.5) is 4.39 Å². The van der Waals surface area contributed by atoms with Crippen LogP contribution in [0.3, 0.4) is 0 Å². The van der Waals surface area contributed by atoms with Gasteiger partial charge < -0.3 is 14.7 Å². The van der Waals surface area contributed by atoms with E-state index in [1.54, 1.807) is 17.0 Å². The molecule has 0 saturated carbocycles. The number of carbonyl (C=O) groups excluding carboxylic acids is 1. The first-order chi connectivity index (χ1) is 14.2. The normalized spacial score (nSPS) is 19.5. The highest BCUT2D eigenvalue weighted by molar-refractivity contribution is 6.30. The van der Waals surface area contributed by atoms with Crippen molar-refractivity contribution in [1.82, 2.24) is 9.80 Å². The number of aromatic carboxylic acids is 1. The van der Waals surface area contributed by atoms with E-state index >= 15 is 0 Å². The summed E-state index contributed by atoms with van der Waals surface area (Å²) in [5, 5.41) is 9.60. The van der Waals surface area contributed by atoms with Crippen molar-refractivity contribution in [3.63, 3.8) is 0 Å². The second-order valence-electron chi connectivity index (χ2n) is 7.53. The minimum absolute atomic E-state index is 0.0438. The number of amides is 1. The number of hydrogen-bond acceptors (Lipinski definition) is 4. The lowest BCUT2D eigenvalue weighted by Crippen LogP contribution is -2.58. The van der Waals surface area contributed by atoms with Crippen LogP contribution in [-0.4, -0.2) is 58.6 Å². The highest BCUT2D eigenvalue weighted by atomic mass is 35.5. The fourth-order valence-electron chi connectivity index (χ4n) is 3.60. The molecule has 3 rings (SSSR count). The van der Waals surface area contributed by atoms with Gasteiger partial charge >= 0.3 is 5.97 Å². The van der Waals surface area contributed by atoms with Gasteiger partial charge in [-0.1, -0.05) is 23.7 Å². The first kappa shape index (κ1) is 22.1. The highest BCUT2D eigenvalue weighted by Crippen LogP contribution is 2.24. The summed E-state index contributed by atoms with van der Waals surface area (Å²) in [7, 11) is 0. The molecule has 2 aromatic rings. The van der Waals surface area contributed by atoms with Gasteiger partial charge in [-0.05, 0) is 49.7 Å². The number of piperazine rings is 1.